The number of rotatable bonds is 7. The van der Waals surface area contributed by atoms with Gasteiger partial charge in [-0.15, -0.1) is 0 Å². The van der Waals surface area contributed by atoms with E-state index in [0.717, 1.165) is 19.3 Å². The average Bonchev–Trinajstić information content (AvgIpc) is 4.07. The molecule has 1 aromatic heterocycles. The van der Waals surface area contributed by atoms with Crippen LogP contribution in [0.15, 0.2) is 48.7 Å². The van der Waals surface area contributed by atoms with E-state index >= 15 is 0 Å². The fourth-order valence-corrected chi connectivity index (χ4v) is 7.04. The molecule has 9 atom stereocenters. The van der Waals surface area contributed by atoms with Crippen molar-refractivity contribution in [1.29, 1.82) is 0 Å². The lowest BCUT2D eigenvalue weighted by Gasteiger charge is -2.17. The van der Waals surface area contributed by atoms with E-state index in [2.05, 4.69) is 9.82 Å². The van der Waals surface area contributed by atoms with Crippen LogP contribution in [0.2, 0.25) is 0 Å². The molecule has 7 fully saturated rings. The van der Waals surface area contributed by atoms with Crippen LogP contribution < -0.4 is 9.47 Å². The van der Waals surface area contributed by atoms with Crippen LogP contribution in [-0.2, 0) is 57.1 Å². The van der Waals surface area contributed by atoms with Gasteiger partial charge in [-0.2, -0.15) is 0 Å². The highest BCUT2D eigenvalue weighted by Crippen LogP contribution is 2.35. The Morgan fingerprint density at radius 3 is 1.60 bits per heavy atom. The molecule has 0 spiro atoms. The number of hydrogen-bond donors (Lipinski definition) is 0. The van der Waals surface area contributed by atoms with Crippen molar-refractivity contribution in [2.75, 3.05) is 39.6 Å². The summed E-state index contributed by atoms with van der Waals surface area (Å²) in [6.45, 7) is 2.66. The van der Waals surface area contributed by atoms with Gasteiger partial charge in [-0.3, -0.25) is 24.5 Å². The lowest BCUT2D eigenvalue weighted by atomic mass is 10.0. The van der Waals surface area contributed by atoms with Crippen LogP contribution in [0.3, 0.4) is 0 Å². The molecule has 0 radical (unpaired) electrons. The molecule has 1 aromatic carbocycles. The van der Waals surface area contributed by atoms with Crippen molar-refractivity contribution in [2.45, 2.75) is 69.3 Å². The van der Waals surface area contributed by atoms with Crippen molar-refractivity contribution in [1.82, 2.24) is 10.0 Å². The number of hydrogen-bond acceptors (Lipinski definition) is 20. The van der Waals surface area contributed by atoms with Crippen LogP contribution in [0.5, 0.6) is 11.6 Å². The number of carbonyl (C=O) groups excluding carboxylic acids is 5. The molecular formula is C36H39N3O19. The summed E-state index contributed by atoms with van der Waals surface area (Å²) in [6, 6.07) is 10.2. The maximum absolute atomic E-state index is 11.7. The van der Waals surface area contributed by atoms with Gasteiger partial charge in [-0.05, 0) is 37.5 Å². The zero-order valence-electron chi connectivity index (χ0n) is 30.7. The number of nitro benzene ring substituents is 1. The summed E-state index contributed by atoms with van der Waals surface area (Å²) in [6.07, 6.45) is -0.700. The molecule has 22 nitrogen and oxygen atoms in total. The number of nitrogens with zero attached hydrogens (tertiary/aromatic N) is 3. The van der Waals surface area contributed by atoms with Crippen molar-refractivity contribution in [3.63, 3.8) is 0 Å². The Kier molecular flexibility index (Phi) is 13.2. The molecule has 7 aliphatic heterocycles. The third-order valence-electron chi connectivity index (χ3n) is 9.94. The zero-order valence-corrected chi connectivity index (χ0v) is 30.7. The van der Waals surface area contributed by atoms with Gasteiger partial charge in [0.2, 0.25) is 5.88 Å². The van der Waals surface area contributed by atoms with Crippen LogP contribution in [0.4, 0.5) is 20.1 Å². The molecule has 8 heterocycles. The highest BCUT2D eigenvalue weighted by atomic mass is 16.8. The number of carbonyl (C=O) groups is 5. The summed E-state index contributed by atoms with van der Waals surface area (Å²) in [5.41, 5.74) is -0.0779. The second kappa shape index (κ2) is 18.8. The molecule has 312 valence electrons. The summed E-state index contributed by atoms with van der Waals surface area (Å²) in [7, 11) is 0. The second-order valence-electron chi connectivity index (χ2n) is 13.6. The number of hydroxylamine groups is 2. The molecule has 7 saturated heterocycles. The third-order valence-corrected chi connectivity index (χ3v) is 9.94. The summed E-state index contributed by atoms with van der Waals surface area (Å²) < 4.78 is 57.4. The first-order valence-electron chi connectivity index (χ1n) is 18.5. The van der Waals surface area contributed by atoms with Gasteiger partial charge < -0.3 is 52.1 Å². The van der Waals surface area contributed by atoms with E-state index in [0.29, 0.717) is 31.5 Å². The Hall–Kier alpha value is -5.52. The highest BCUT2D eigenvalue weighted by molar-refractivity contribution is 6.01. The minimum atomic E-state index is -1.07. The van der Waals surface area contributed by atoms with Gasteiger partial charge >= 0.3 is 18.5 Å². The number of pyridine rings is 1. The first-order chi connectivity index (χ1) is 28.1. The van der Waals surface area contributed by atoms with Crippen molar-refractivity contribution in [2.24, 2.45) is 17.8 Å². The van der Waals surface area contributed by atoms with E-state index in [4.69, 9.17) is 52.1 Å². The first-order valence-corrected chi connectivity index (χ1v) is 18.5. The molecule has 0 bridgehead atoms. The van der Waals surface area contributed by atoms with E-state index in [9.17, 15) is 34.1 Å². The van der Waals surface area contributed by atoms with Crippen LogP contribution in [0.1, 0.15) is 32.1 Å². The lowest BCUT2D eigenvalue weighted by molar-refractivity contribution is -0.384. The maximum atomic E-state index is 11.7. The molecule has 0 aliphatic carbocycles. The summed E-state index contributed by atoms with van der Waals surface area (Å²) >= 11 is 0. The van der Waals surface area contributed by atoms with Gasteiger partial charge in [-0.25, -0.2) is 19.4 Å². The maximum Gasteiger partial charge on any atom is 0.534 e. The topological polar surface area (TPSA) is 255 Å². The molecule has 2 aromatic rings. The quantitative estimate of drug-likeness (QED) is 0.0970. The number of ether oxygens (including phenoxy) is 11. The Morgan fingerprint density at radius 2 is 1.14 bits per heavy atom. The number of nitro groups is 1. The number of fused-ring (bicyclic) bond motifs is 3. The van der Waals surface area contributed by atoms with Gasteiger partial charge in [0.1, 0.15) is 24.1 Å². The number of imide groups is 1. The van der Waals surface area contributed by atoms with Crippen LogP contribution in [-0.4, -0.2) is 122 Å². The first kappa shape index (κ1) is 40.7. The Morgan fingerprint density at radius 1 is 0.655 bits per heavy atom. The van der Waals surface area contributed by atoms with Crippen LogP contribution in [0.25, 0.3) is 0 Å². The van der Waals surface area contributed by atoms with E-state index in [1.807, 2.05) is 0 Å². The molecular weight excluding hydrogens is 778 g/mol. The smallest absolute Gasteiger partial charge is 0.428 e. The zero-order chi connectivity index (χ0) is 40.6. The van der Waals surface area contributed by atoms with E-state index in [1.165, 1.54) is 24.3 Å². The predicted octanol–water partition coefficient (Wildman–Crippen LogP) is 3.20. The summed E-state index contributed by atoms with van der Waals surface area (Å²) in [5.74, 6) is -0.531. The molecule has 2 amide bonds. The van der Waals surface area contributed by atoms with Crippen molar-refractivity contribution >= 4 is 36.0 Å². The Bertz CT molecular complexity index is 1780. The van der Waals surface area contributed by atoms with Crippen molar-refractivity contribution in [3.8, 4) is 11.6 Å². The average molecular weight is 818 g/mol. The van der Waals surface area contributed by atoms with E-state index < -0.39 is 41.3 Å². The second-order valence-corrected chi connectivity index (χ2v) is 13.6. The minimum Gasteiger partial charge on any atom is -0.428 e. The van der Waals surface area contributed by atoms with E-state index in [1.54, 1.807) is 24.4 Å². The number of non-ortho nitro benzene ring substituents is 1. The number of aromatic nitrogens is 1. The van der Waals surface area contributed by atoms with Crippen molar-refractivity contribution < 1.29 is 85.8 Å². The molecule has 7 aliphatic rings. The predicted molar refractivity (Wildman–Crippen MR) is 183 cm³/mol. The van der Waals surface area contributed by atoms with Gasteiger partial charge in [0, 0.05) is 37.2 Å². The largest absolute Gasteiger partial charge is 0.534 e. The normalized spacial score (nSPS) is 30.1. The summed E-state index contributed by atoms with van der Waals surface area (Å²) in [5, 5.41) is 11.0. The van der Waals surface area contributed by atoms with Gasteiger partial charge in [0.05, 0.1) is 62.3 Å². The van der Waals surface area contributed by atoms with Gasteiger partial charge in [0.15, 0.2) is 18.9 Å². The van der Waals surface area contributed by atoms with E-state index in [-0.39, 0.29) is 92.2 Å². The monoisotopic (exact) mass is 817 g/mol. The fraction of sp³-hybridized carbons (Fsp3) is 0.556. The molecule has 9 rings (SSSR count). The SMILES string of the molecule is O=C(O[C@H]1CO[C@H]2OCC[C@H]21)ON1C(=O)CCC1=O.O=C(Oc1ccc([N+](=O)[O-])cc1)O[C@H]1CO[C@H]2OCC[C@H]21.O=C(Oc1ccccn1)O[C@H]1CO[C@H]2OCC[C@H]21. The number of benzene rings is 1. The molecule has 0 N–H and O–H groups in total. The van der Waals surface area contributed by atoms with Gasteiger partial charge in [0.25, 0.3) is 17.5 Å². The van der Waals surface area contributed by atoms with Crippen LogP contribution in [0, 0.1) is 27.9 Å². The Balaban J connectivity index is 0.000000133. The molecule has 0 saturated carbocycles. The van der Waals surface area contributed by atoms with Gasteiger partial charge in [-0.1, -0.05) is 11.1 Å². The lowest BCUT2D eigenvalue weighted by Crippen LogP contribution is -2.35. The molecule has 0 unspecified atom stereocenters. The Labute approximate surface area is 328 Å². The van der Waals surface area contributed by atoms with Crippen LogP contribution >= 0.6 is 0 Å². The summed E-state index contributed by atoms with van der Waals surface area (Å²) in [4.78, 5) is 75.9. The minimum absolute atomic E-state index is 0.0162. The number of amides is 2. The molecule has 58 heavy (non-hydrogen) atoms. The molecule has 22 heteroatoms. The fourth-order valence-electron chi connectivity index (χ4n) is 7.04. The van der Waals surface area contributed by atoms with Crippen molar-refractivity contribution in [3.05, 3.63) is 58.8 Å². The third kappa shape index (κ3) is 10.1. The highest BCUT2D eigenvalue weighted by Gasteiger charge is 2.46. The standard InChI is InChI=1S/C13H13NO7.C12H13NO5.C11H13NO7/c15-13(20-9-3-1-8(2-4-9)14(16)17)21-11-7-19-12-10(11)5-6-18-12;14-12(18-10-3-1-2-5-13-10)17-9-7-16-11-8(9)4-6-15-11;13-8-1-2-9(14)12(8)19-11(15)18-7-5-17-10-6(7)3-4-16-10/h1-4,10-12H,5-7H2;1-3,5,8-9,11H,4,6-7H2;6-7,10H,1-5H2/t10-,11-,12+;8-,9-,11+;6-,7-,10+/m000/s1.